The zero-order valence-corrected chi connectivity index (χ0v) is 10.5. The quantitative estimate of drug-likeness (QED) is 0.698. The number of hydrogen-bond acceptors (Lipinski definition) is 4. The molecule has 1 aromatic carbocycles. The van der Waals surface area contributed by atoms with Crippen LogP contribution in [0.15, 0.2) is 23.1 Å². The topological polar surface area (TPSA) is 98.2 Å². The van der Waals surface area contributed by atoms with Crippen molar-refractivity contribution in [2.24, 2.45) is 17.0 Å². The van der Waals surface area contributed by atoms with E-state index in [0.717, 1.165) is 12.5 Å². The smallest absolute Gasteiger partial charge is 0.238 e. The first-order chi connectivity index (χ1) is 7.88. The van der Waals surface area contributed by atoms with E-state index >= 15 is 0 Å². The van der Waals surface area contributed by atoms with E-state index in [4.69, 9.17) is 10.9 Å². The van der Waals surface area contributed by atoms with Crippen LogP contribution in [-0.4, -0.2) is 15.0 Å². The van der Waals surface area contributed by atoms with Crippen LogP contribution in [0, 0.1) is 11.8 Å². The van der Waals surface area contributed by atoms with Crippen LogP contribution in [0.3, 0.4) is 0 Å². The molecule has 2 rings (SSSR count). The van der Waals surface area contributed by atoms with Crippen molar-refractivity contribution in [1.82, 2.24) is 0 Å². The molecule has 1 aliphatic rings. The molecule has 1 fully saturated rings. The number of benzene rings is 1. The van der Waals surface area contributed by atoms with Gasteiger partial charge in [-0.15, -0.1) is 0 Å². The second kappa shape index (κ2) is 4.19. The molecule has 17 heavy (non-hydrogen) atoms. The van der Waals surface area contributed by atoms with Gasteiger partial charge in [0.2, 0.25) is 10.0 Å². The van der Waals surface area contributed by atoms with Crippen LogP contribution in [0.2, 0.25) is 0 Å². The van der Waals surface area contributed by atoms with Crippen molar-refractivity contribution < 1.29 is 8.42 Å². The highest BCUT2D eigenvalue weighted by Gasteiger charge is 2.31. The van der Waals surface area contributed by atoms with Gasteiger partial charge in [0.15, 0.2) is 0 Å². The maximum absolute atomic E-state index is 11.2. The third kappa shape index (κ3) is 2.89. The van der Waals surface area contributed by atoms with Crippen LogP contribution < -0.4 is 16.2 Å². The van der Waals surface area contributed by atoms with Gasteiger partial charge in [0.05, 0.1) is 16.3 Å². The van der Waals surface area contributed by atoms with Crippen LogP contribution in [0.1, 0.15) is 13.3 Å². The van der Waals surface area contributed by atoms with Gasteiger partial charge in [0.25, 0.3) is 0 Å². The Morgan fingerprint density at radius 2 is 2.12 bits per heavy atom. The van der Waals surface area contributed by atoms with Gasteiger partial charge in [-0.2, -0.15) is 0 Å². The third-order valence-electron chi connectivity index (χ3n) is 3.18. The van der Waals surface area contributed by atoms with Crippen LogP contribution in [-0.2, 0) is 10.0 Å². The van der Waals surface area contributed by atoms with Gasteiger partial charge in [-0.25, -0.2) is 13.6 Å². The Labute approximate surface area is 101 Å². The molecular formula is C11H17N3O2S. The molecule has 0 aliphatic heterocycles. The number of sulfonamides is 1. The number of nitrogens with one attached hydrogen (secondary N) is 1. The van der Waals surface area contributed by atoms with Crippen molar-refractivity contribution in [3.8, 4) is 0 Å². The van der Waals surface area contributed by atoms with E-state index in [9.17, 15) is 8.42 Å². The summed E-state index contributed by atoms with van der Waals surface area (Å²) in [5.74, 6) is 1.40. The van der Waals surface area contributed by atoms with Crippen molar-refractivity contribution in [2.45, 2.75) is 18.2 Å². The predicted octanol–water partition coefficient (Wildman–Crippen LogP) is 0.984. The summed E-state index contributed by atoms with van der Waals surface area (Å²) in [6.45, 7) is 3.01. The Balaban J connectivity index is 2.15. The first kappa shape index (κ1) is 12.2. The number of anilines is 2. The molecule has 94 valence electrons. The Morgan fingerprint density at radius 3 is 2.65 bits per heavy atom. The van der Waals surface area contributed by atoms with E-state index in [1.54, 1.807) is 6.07 Å². The molecule has 2 unspecified atom stereocenters. The Hall–Kier alpha value is -1.27. The average molecular weight is 255 g/mol. The first-order valence-electron chi connectivity index (χ1n) is 5.54. The van der Waals surface area contributed by atoms with Gasteiger partial charge in [0, 0.05) is 6.54 Å². The standard InChI is InChI=1S/C11H17N3O2S/c1-7-4-8(7)6-14-11-5-9(17(13,15)16)2-3-10(11)12/h2-3,5,7-8,14H,4,6,12H2,1H3,(H2,13,15,16). The summed E-state index contributed by atoms with van der Waals surface area (Å²) in [4.78, 5) is 0.0815. The van der Waals surface area contributed by atoms with E-state index in [0.29, 0.717) is 17.3 Å². The minimum absolute atomic E-state index is 0.0815. The van der Waals surface area contributed by atoms with E-state index in [1.807, 2.05) is 0 Å². The number of nitrogens with two attached hydrogens (primary N) is 2. The molecule has 0 bridgehead atoms. The van der Waals surface area contributed by atoms with Gasteiger partial charge >= 0.3 is 0 Å². The lowest BCUT2D eigenvalue weighted by molar-refractivity contribution is 0.598. The lowest BCUT2D eigenvalue weighted by atomic mass is 10.2. The van der Waals surface area contributed by atoms with Crippen molar-refractivity contribution in [3.05, 3.63) is 18.2 Å². The zero-order valence-electron chi connectivity index (χ0n) is 9.68. The zero-order chi connectivity index (χ0) is 12.6. The molecule has 5 nitrogen and oxygen atoms in total. The van der Waals surface area contributed by atoms with Crippen molar-refractivity contribution >= 4 is 21.4 Å². The van der Waals surface area contributed by atoms with Crippen molar-refractivity contribution in [2.75, 3.05) is 17.6 Å². The Morgan fingerprint density at radius 1 is 1.47 bits per heavy atom. The predicted molar refractivity (Wildman–Crippen MR) is 68.0 cm³/mol. The van der Waals surface area contributed by atoms with Crippen LogP contribution in [0.25, 0.3) is 0 Å². The molecular weight excluding hydrogens is 238 g/mol. The fraction of sp³-hybridized carbons (Fsp3) is 0.455. The number of rotatable bonds is 4. The second-order valence-electron chi connectivity index (χ2n) is 4.65. The summed E-state index contributed by atoms with van der Waals surface area (Å²) in [6.07, 6.45) is 1.21. The summed E-state index contributed by atoms with van der Waals surface area (Å²) >= 11 is 0. The molecule has 2 atom stereocenters. The van der Waals surface area contributed by atoms with Gasteiger partial charge in [-0.1, -0.05) is 6.92 Å². The monoisotopic (exact) mass is 255 g/mol. The summed E-state index contributed by atoms with van der Waals surface area (Å²) in [6, 6.07) is 4.45. The van der Waals surface area contributed by atoms with Gasteiger partial charge in [0.1, 0.15) is 0 Å². The molecule has 0 amide bonds. The van der Waals surface area contributed by atoms with E-state index in [2.05, 4.69) is 12.2 Å². The maximum Gasteiger partial charge on any atom is 0.238 e. The van der Waals surface area contributed by atoms with E-state index in [1.165, 1.54) is 18.6 Å². The number of nitrogen functional groups attached to an aromatic ring is 1. The van der Waals surface area contributed by atoms with Gasteiger partial charge < -0.3 is 11.1 Å². The van der Waals surface area contributed by atoms with E-state index in [-0.39, 0.29) is 4.90 Å². The lowest BCUT2D eigenvalue weighted by Crippen LogP contribution is -2.13. The van der Waals surface area contributed by atoms with E-state index < -0.39 is 10.0 Å². The molecule has 0 spiro atoms. The molecule has 0 saturated heterocycles. The highest BCUT2D eigenvalue weighted by atomic mass is 32.2. The van der Waals surface area contributed by atoms with Crippen molar-refractivity contribution in [3.63, 3.8) is 0 Å². The Kier molecular flexibility index (Phi) is 3.01. The third-order valence-corrected chi connectivity index (χ3v) is 4.10. The molecule has 0 heterocycles. The molecule has 0 radical (unpaired) electrons. The highest BCUT2D eigenvalue weighted by molar-refractivity contribution is 7.89. The normalized spacial score (nSPS) is 23.4. The van der Waals surface area contributed by atoms with Crippen LogP contribution >= 0.6 is 0 Å². The molecule has 5 N–H and O–H groups in total. The second-order valence-corrected chi connectivity index (χ2v) is 6.21. The summed E-state index contributed by atoms with van der Waals surface area (Å²) in [7, 11) is -3.67. The number of primary sulfonamides is 1. The fourth-order valence-corrected chi connectivity index (χ4v) is 2.33. The lowest BCUT2D eigenvalue weighted by Gasteiger charge is -2.10. The first-order valence-corrected chi connectivity index (χ1v) is 7.09. The summed E-state index contributed by atoms with van der Waals surface area (Å²) in [5, 5.41) is 8.24. The fourth-order valence-electron chi connectivity index (χ4n) is 1.79. The molecule has 6 heteroatoms. The molecule has 0 aromatic heterocycles. The molecule has 1 saturated carbocycles. The van der Waals surface area contributed by atoms with Gasteiger partial charge in [-0.05, 0) is 36.5 Å². The minimum Gasteiger partial charge on any atom is -0.397 e. The Bertz CT molecular complexity index is 528. The summed E-state index contributed by atoms with van der Waals surface area (Å²) in [5.41, 5.74) is 6.94. The SMILES string of the molecule is CC1CC1CNc1cc(S(N)(=O)=O)ccc1N. The molecule has 1 aromatic rings. The van der Waals surface area contributed by atoms with Gasteiger partial charge in [-0.3, -0.25) is 0 Å². The van der Waals surface area contributed by atoms with Crippen LogP contribution in [0.4, 0.5) is 11.4 Å². The molecule has 1 aliphatic carbocycles. The maximum atomic E-state index is 11.2. The highest BCUT2D eigenvalue weighted by Crippen LogP contribution is 2.38. The van der Waals surface area contributed by atoms with Crippen molar-refractivity contribution in [1.29, 1.82) is 0 Å². The largest absolute Gasteiger partial charge is 0.397 e. The number of hydrogen-bond donors (Lipinski definition) is 3. The average Bonchev–Trinajstić information content (AvgIpc) is 2.92. The van der Waals surface area contributed by atoms with Crippen LogP contribution in [0.5, 0.6) is 0 Å². The minimum atomic E-state index is -3.67. The summed E-state index contributed by atoms with van der Waals surface area (Å²) < 4.78 is 22.4.